The number of fused-ring (bicyclic) bond motifs is 2. The lowest BCUT2D eigenvalue weighted by atomic mass is 10.1. The van der Waals surface area contributed by atoms with Crippen LogP contribution < -0.4 is 24.8 Å². The smallest absolute Gasteiger partial charge is 0.232 e. The second-order valence-corrected chi connectivity index (χ2v) is 7.31. The van der Waals surface area contributed by atoms with Crippen LogP contribution in [0.5, 0.6) is 11.5 Å². The maximum atomic E-state index is 11.6. The van der Waals surface area contributed by atoms with Gasteiger partial charge in [0.2, 0.25) is 12.7 Å². The molecule has 8 nitrogen and oxygen atoms in total. The number of nitrogens with one attached hydrogen (secondary N) is 1. The van der Waals surface area contributed by atoms with Crippen LogP contribution in [0.15, 0.2) is 48.7 Å². The number of nitrogens with zero attached hydrogens (tertiary/aromatic N) is 3. The molecule has 0 bridgehead atoms. The van der Waals surface area contributed by atoms with Crippen molar-refractivity contribution in [2.75, 3.05) is 17.0 Å². The van der Waals surface area contributed by atoms with Gasteiger partial charge >= 0.3 is 0 Å². The first-order valence-electron chi connectivity index (χ1n) is 9.68. The van der Waals surface area contributed by atoms with Crippen molar-refractivity contribution in [2.45, 2.75) is 25.9 Å². The molecule has 3 aromatic rings. The zero-order valence-corrected chi connectivity index (χ0v) is 16.3. The first-order chi connectivity index (χ1) is 14.6. The molecule has 0 spiro atoms. The summed E-state index contributed by atoms with van der Waals surface area (Å²) in [5.74, 6) is 0.699. The molecule has 0 fully saturated rings. The number of carbonyl (C=O) groups excluding carboxylic acids is 1. The van der Waals surface area contributed by atoms with Gasteiger partial charge in [-0.1, -0.05) is 24.3 Å². The van der Waals surface area contributed by atoms with Gasteiger partial charge in [0.1, 0.15) is 5.82 Å². The van der Waals surface area contributed by atoms with Gasteiger partial charge in [-0.2, -0.15) is 4.98 Å². The van der Waals surface area contributed by atoms with Gasteiger partial charge < -0.3 is 29.6 Å². The number of aromatic carboxylic acids is 1. The van der Waals surface area contributed by atoms with E-state index >= 15 is 0 Å². The minimum Gasteiger partial charge on any atom is -0.545 e. The predicted octanol–water partition coefficient (Wildman–Crippen LogP) is 2.26. The summed E-state index contributed by atoms with van der Waals surface area (Å²) in [5, 5.41) is 14.7. The summed E-state index contributed by atoms with van der Waals surface area (Å²) in [5.41, 5.74) is 3.07. The number of carbonyl (C=O) groups is 1. The summed E-state index contributed by atoms with van der Waals surface area (Å²) < 4.78 is 10.7. The Morgan fingerprint density at radius 1 is 1.23 bits per heavy atom. The normalized spacial score (nSPS) is 16.4. The minimum absolute atomic E-state index is 0.0837. The van der Waals surface area contributed by atoms with Crippen LogP contribution in [0.1, 0.15) is 28.4 Å². The van der Waals surface area contributed by atoms with E-state index in [-0.39, 0.29) is 24.2 Å². The van der Waals surface area contributed by atoms with E-state index in [0.29, 0.717) is 24.0 Å². The molecule has 1 atom stereocenters. The van der Waals surface area contributed by atoms with Crippen molar-refractivity contribution in [3.63, 3.8) is 0 Å². The van der Waals surface area contributed by atoms with Crippen molar-refractivity contribution in [1.29, 1.82) is 0 Å². The van der Waals surface area contributed by atoms with E-state index in [1.807, 2.05) is 41.3 Å². The monoisotopic (exact) mass is 403 g/mol. The van der Waals surface area contributed by atoms with E-state index in [4.69, 9.17) is 9.47 Å². The number of carboxylic acid groups (broad SMARTS) is 1. The Hall–Kier alpha value is -3.81. The first kappa shape index (κ1) is 18.2. The van der Waals surface area contributed by atoms with Crippen LogP contribution in [0.25, 0.3) is 0 Å². The molecule has 30 heavy (non-hydrogen) atoms. The first-order valence-corrected chi connectivity index (χ1v) is 9.68. The van der Waals surface area contributed by atoms with Crippen molar-refractivity contribution in [2.24, 2.45) is 0 Å². The molecule has 2 aromatic carbocycles. The second-order valence-electron chi connectivity index (χ2n) is 7.31. The fourth-order valence-electron chi connectivity index (χ4n) is 3.88. The summed E-state index contributed by atoms with van der Waals surface area (Å²) in [6.07, 6.45) is 2.18. The molecule has 2 aliphatic heterocycles. The lowest BCUT2D eigenvalue weighted by Crippen LogP contribution is -2.28. The molecule has 0 saturated heterocycles. The van der Waals surface area contributed by atoms with Crippen LogP contribution in [-0.2, 0) is 13.0 Å². The molecule has 0 aliphatic carbocycles. The van der Waals surface area contributed by atoms with E-state index in [2.05, 4.69) is 28.3 Å². The quantitative estimate of drug-likeness (QED) is 0.693. The molecule has 5 rings (SSSR count). The standard InChI is InChI=1S/C22H20N4O4/c1-13-8-15-4-2-3-5-17(15)26(13)22-24-11-16(21(27)28)20(25-22)23-10-14-6-7-18-19(9-14)30-12-29-18/h2-7,9,11,13H,8,10,12H2,1H3,(H,27,28)(H,23,24,25)/p-1. The topological polar surface area (TPSA) is 99.6 Å². The van der Waals surface area contributed by atoms with Gasteiger partial charge in [0.15, 0.2) is 11.5 Å². The number of rotatable bonds is 5. The summed E-state index contributed by atoms with van der Waals surface area (Å²) in [7, 11) is 0. The van der Waals surface area contributed by atoms with Gasteiger partial charge in [0.25, 0.3) is 0 Å². The lowest BCUT2D eigenvalue weighted by Gasteiger charge is -2.24. The Labute approximate surface area is 173 Å². The molecule has 152 valence electrons. The average molecular weight is 403 g/mol. The zero-order chi connectivity index (χ0) is 20.7. The minimum atomic E-state index is -1.33. The fourth-order valence-corrected chi connectivity index (χ4v) is 3.88. The van der Waals surface area contributed by atoms with Crippen LogP contribution in [0, 0.1) is 0 Å². The lowest BCUT2D eigenvalue weighted by molar-refractivity contribution is -0.255. The molecule has 3 heterocycles. The molecule has 2 aliphatic rings. The van der Waals surface area contributed by atoms with Crippen LogP contribution in [0.3, 0.4) is 0 Å². The van der Waals surface area contributed by atoms with Crippen LogP contribution in [0.2, 0.25) is 0 Å². The van der Waals surface area contributed by atoms with Crippen molar-refractivity contribution in [1.82, 2.24) is 9.97 Å². The third-order valence-corrected chi connectivity index (χ3v) is 5.32. The van der Waals surface area contributed by atoms with Crippen molar-refractivity contribution in [3.8, 4) is 11.5 Å². The maximum absolute atomic E-state index is 11.6. The van der Waals surface area contributed by atoms with E-state index in [0.717, 1.165) is 17.7 Å². The van der Waals surface area contributed by atoms with E-state index in [1.165, 1.54) is 11.8 Å². The fraction of sp³-hybridized carbons (Fsp3) is 0.227. The molecule has 1 unspecified atom stereocenters. The Morgan fingerprint density at radius 2 is 2.07 bits per heavy atom. The number of benzene rings is 2. The summed E-state index contributed by atoms with van der Waals surface area (Å²) >= 11 is 0. The highest BCUT2D eigenvalue weighted by Gasteiger charge is 2.29. The number of aromatic nitrogens is 2. The molecule has 0 radical (unpaired) electrons. The highest BCUT2D eigenvalue weighted by molar-refractivity contribution is 5.91. The van der Waals surface area contributed by atoms with Crippen molar-refractivity contribution >= 4 is 23.4 Å². The number of para-hydroxylation sites is 1. The second kappa shape index (κ2) is 7.22. The summed E-state index contributed by atoms with van der Waals surface area (Å²) in [6.45, 7) is 2.65. The molecule has 0 amide bonds. The highest BCUT2D eigenvalue weighted by Crippen LogP contribution is 2.37. The van der Waals surface area contributed by atoms with Gasteiger partial charge in [-0.05, 0) is 42.7 Å². The molecular weight excluding hydrogens is 384 g/mol. The van der Waals surface area contributed by atoms with Crippen LogP contribution in [-0.4, -0.2) is 28.8 Å². The summed E-state index contributed by atoms with van der Waals surface area (Å²) in [4.78, 5) is 22.5. The van der Waals surface area contributed by atoms with Crippen LogP contribution >= 0.6 is 0 Å². The highest BCUT2D eigenvalue weighted by atomic mass is 16.7. The molecule has 0 saturated carbocycles. The van der Waals surface area contributed by atoms with Gasteiger partial charge in [-0.15, -0.1) is 0 Å². The predicted molar refractivity (Wildman–Crippen MR) is 108 cm³/mol. The molecule has 1 aromatic heterocycles. The van der Waals surface area contributed by atoms with E-state index < -0.39 is 5.97 Å². The number of carboxylic acids is 1. The number of anilines is 3. The average Bonchev–Trinajstić information content (AvgIpc) is 3.34. The van der Waals surface area contributed by atoms with Gasteiger partial charge in [0, 0.05) is 24.5 Å². The van der Waals surface area contributed by atoms with Gasteiger partial charge in [-0.3, -0.25) is 0 Å². The third kappa shape index (κ3) is 3.16. The van der Waals surface area contributed by atoms with Gasteiger partial charge in [-0.25, -0.2) is 4.98 Å². The molecular formula is C22H19N4O4-. The molecule has 1 N–H and O–H groups in total. The number of hydrogen-bond acceptors (Lipinski definition) is 8. The Bertz CT molecular complexity index is 1130. The van der Waals surface area contributed by atoms with Crippen LogP contribution in [0.4, 0.5) is 17.5 Å². The third-order valence-electron chi connectivity index (χ3n) is 5.32. The van der Waals surface area contributed by atoms with Crippen molar-refractivity contribution < 1.29 is 19.4 Å². The van der Waals surface area contributed by atoms with Crippen molar-refractivity contribution in [3.05, 3.63) is 65.4 Å². The largest absolute Gasteiger partial charge is 0.545 e. The zero-order valence-electron chi connectivity index (χ0n) is 16.3. The Morgan fingerprint density at radius 3 is 2.93 bits per heavy atom. The van der Waals surface area contributed by atoms with E-state index in [1.54, 1.807) is 0 Å². The summed E-state index contributed by atoms with van der Waals surface area (Å²) in [6, 6.07) is 13.8. The number of hydrogen-bond donors (Lipinski definition) is 1. The van der Waals surface area contributed by atoms with E-state index in [9.17, 15) is 9.90 Å². The Balaban J connectivity index is 1.45. The van der Waals surface area contributed by atoms with Gasteiger partial charge in [0.05, 0.1) is 11.5 Å². The Kier molecular flexibility index (Phi) is 4.39. The molecule has 8 heteroatoms. The SMILES string of the molecule is CC1Cc2ccccc2N1c1ncc(C(=O)[O-])c(NCc2ccc3c(c2)OCO3)n1. The maximum Gasteiger partial charge on any atom is 0.232 e. The number of ether oxygens (including phenoxy) is 2.